The van der Waals surface area contributed by atoms with E-state index in [4.69, 9.17) is 9.15 Å². The van der Waals surface area contributed by atoms with Crippen LogP contribution in [0.2, 0.25) is 0 Å². The van der Waals surface area contributed by atoms with E-state index in [1.807, 2.05) is 43.3 Å². The molecule has 1 N–H and O–H groups in total. The Hall–Kier alpha value is -3.19. The van der Waals surface area contributed by atoms with Crippen molar-refractivity contribution in [2.45, 2.75) is 38.6 Å². The number of hydrogen-bond acceptors (Lipinski definition) is 6. The molecule has 2 aromatic carbocycles. The Bertz CT molecular complexity index is 1010. The van der Waals surface area contributed by atoms with Crippen LogP contribution in [0.5, 0.6) is 5.75 Å². The van der Waals surface area contributed by atoms with Gasteiger partial charge in [-0.3, -0.25) is 9.69 Å². The molecular formula is C25H30N4O3. The topological polar surface area (TPSA) is 80.5 Å². The number of amides is 1. The lowest BCUT2D eigenvalue weighted by atomic mass is 10.1. The Kier molecular flexibility index (Phi) is 7.17. The molecule has 0 saturated carbocycles. The fourth-order valence-electron chi connectivity index (χ4n) is 4.02. The van der Waals surface area contributed by atoms with Crippen molar-refractivity contribution in [3.05, 3.63) is 65.5 Å². The summed E-state index contributed by atoms with van der Waals surface area (Å²) < 4.78 is 11.0. The molecule has 1 aromatic heterocycles. The number of methoxy groups -OCH3 is 1. The van der Waals surface area contributed by atoms with E-state index < -0.39 is 0 Å². The van der Waals surface area contributed by atoms with Crippen molar-refractivity contribution in [3.63, 3.8) is 0 Å². The minimum atomic E-state index is -0.0159. The first-order chi connectivity index (χ1) is 15.6. The number of carbonyl (C=O) groups is 1. The molecule has 1 atom stereocenters. The van der Waals surface area contributed by atoms with Gasteiger partial charge < -0.3 is 14.5 Å². The number of nitrogens with one attached hydrogen (secondary N) is 1. The third-order valence-electron chi connectivity index (χ3n) is 5.91. The molecule has 2 heterocycles. The molecular weight excluding hydrogens is 404 g/mol. The van der Waals surface area contributed by atoms with Gasteiger partial charge in [0, 0.05) is 24.9 Å². The summed E-state index contributed by atoms with van der Waals surface area (Å²) in [6, 6.07) is 16.2. The zero-order valence-electron chi connectivity index (χ0n) is 18.7. The summed E-state index contributed by atoms with van der Waals surface area (Å²) in [5.41, 5.74) is 3.24. The molecule has 7 nitrogen and oxygen atoms in total. The summed E-state index contributed by atoms with van der Waals surface area (Å²) in [4.78, 5) is 15.0. The molecule has 1 amide bonds. The van der Waals surface area contributed by atoms with Crippen LogP contribution in [-0.4, -0.2) is 47.7 Å². The summed E-state index contributed by atoms with van der Waals surface area (Å²) in [7, 11) is 1.67. The Balaban J connectivity index is 1.32. The molecule has 3 aromatic rings. The lowest BCUT2D eigenvalue weighted by Gasteiger charge is -2.28. The number of hydrogen-bond donors (Lipinski definition) is 1. The van der Waals surface area contributed by atoms with Gasteiger partial charge in [0.1, 0.15) is 5.75 Å². The van der Waals surface area contributed by atoms with E-state index in [1.165, 1.54) is 24.0 Å². The molecule has 0 radical (unpaired) electrons. The van der Waals surface area contributed by atoms with E-state index in [2.05, 4.69) is 32.5 Å². The van der Waals surface area contributed by atoms with Crippen LogP contribution >= 0.6 is 0 Å². The SMILES string of the molecule is COc1ccc(C(CNC(=O)CCc2nnc(-c3ccc(C)cc3)o2)N2CCCC2)cc1. The molecule has 1 aliphatic rings. The second-order valence-electron chi connectivity index (χ2n) is 8.20. The molecule has 1 aliphatic heterocycles. The minimum absolute atomic E-state index is 0.0159. The van der Waals surface area contributed by atoms with Crippen LogP contribution in [0.1, 0.15) is 42.3 Å². The lowest BCUT2D eigenvalue weighted by Crippen LogP contribution is -2.36. The molecule has 4 rings (SSSR count). The number of aromatic nitrogens is 2. The van der Waals surface area contributed by atoms with Crippen molar-refractivity contribution in [1.29, 1.82) is 0 Å². The highest BCUT2D eigenvalue weighted by Crippen LogP contribution is 2.26. The van der Waals surface area contributed by atoms with Gasteiger partial charge in [0.05, 0.1) is 13.2 Å². The third-order valence-corrected chi connectivity index (χ3v) is 5.91. The highest BCUT2D eigenvalue weighted by molar-refractivity contribution is 5.76. The number of carbonyl (C=O) groups excluding carboxylic acids is 1. The maximum atomic E-state index is 12.5. The molecule has 0 bridgehead atoms. The maximum Gasteiger partial charge on any atom is 0.247 e. The van der Waals surface area contributed by atoms with Gasteiger partial charge in [-0.1, -0.05) is 29.8 Å². The van der Waals surface area contributed by atoms with Crippen molar-refractivity contribution in [1.82, 2.24) is 20.4 Å². The summed E-state index contributed by atoms with van der Waals surface area (Å²) in [6.07, 6.45) is 3.12. The van der Waals surface area contributed by atoms with Crippen molar-refractivity contribution in [2.24, 2.45) is 0 Å². The van der Waals surface area contributed by atoms with Gasteiger partial charge in [-0.05, 0) is 62.7 Å². The fraction of sp³-hybridized carbons (Fsp3) is 0.400. The van der Waals surface area contributed by atoms with E-state index in [9.17, 15) is 4.79 Å². The van der Waals surface area contributed by atoms with Crippen molar-refractivity contribution < 1.29 is 13.9 Å². The number of rotatable bonds is 9. The van der Waals surface area contributed by atoms with Crippen molar-refractivity contribution in [2.75, 3.05) is 26.7 Å². The Labute approximate surface area is 188 Å². The molecule has 168 valence electrons. The first-order valence-electron chi connectivity index (χ1n) is 11.2. The minimum Gasteiger partial charge on any atom is -0.497 e. The van der Waals surface area contributed by atoms with Crippen LogP contribution in [0.15, 0.2) is 52.9 Å². The highest BCUT2D eigenvalue weighted by atomic mass is 16.5. The summed E-state index contributed by atoms with van der Waals surface area (Å²) in [5.74, 6) is 1.77. The van der Waals surface area contributed by atoms with Crippen LogP contribution in [0.25, 0.3) is 11.5 Å². The molecule has 1 saturated heterocycles. The van der Waals surface area contributed by atoms with Crippen LogP contribution in [0.3, 0.4) is 0 Å². The van der Waals surface area contributed by atoms with Crippen LogP contribution in [0.4, 0.5) is 0 Å². The molecule has 0 aliphatic carbocycles. The quantitative estimate of drug-likeness (QED) is 0.549. The Morgan fingerprint density at radius 1 is 1.09 bits per heavy atom. The van der Waals surface area contributed by atoms with Gasteiger partial charge >= 0.3 is 0 Å². The summed E-state index contributed by atoms with van der Waals surface area (Å²) >= 11 is 0. The normalized spacial score (nSPS) is 14.9. The first-order valence-corrected chi connectivity index (χ1v) is 11.2. The van der Waals surface area contributed by atoms with E-state index >= 15 is 0 Å². The van der Waals surface area contributed by atoms with Gasteiger partial charge in [-0.2, -0.15) is 0 Å². The van der Waals surface area contributed by atoms with E-state index in [1.54, 1.807) is 7.11 Å². The van der Waals surface area contributed by atoms with Crippen LogP contribution in [-0.2, 0) is 11.2 Å². The zero-order valence-corrected chi connectivity index (χ0v) is 18.7. The smallest absolute Gasteiger partial charge is 0.247 e. The number of nitrogens with zero attached hydrogens (tertiary/aromatic N) is 3. The van der Waals surface area contributed by atoms with Gasteiger partial charge in [0.15, 0.2) is 0 Å². The van der Waals surface area contributed by atoms with E-state index in [0.29, 0.717) is 31.2 Å². The average Bonchev–Trinajstić information content (AvgIpc) is 3.51. The van der Waals surface area contributed by atoms with Crippen LogP contribution < -0.4 is 10.1 Å². The predicted molar refractivity (Wildman–Crippen MR) is 122 cm³/mol. The van der Waals surface area contributed by atoms with Gasteiger partial charge in [-0.15, -0.1) is 10.2 Å². The molecule has 0 spiro atoms. The van der Waals surface area contributed by atoms with Gasteiger partial charge in [0.25, 0.3) is 0 Å². The van der Waals surface area contributed by atoms with Crippen LogP contribution in [0, 0.1) is 6.92 Å². The highest BCUT2D eigenvalue weighted by Gasteiger charge is 2.24. The lowest BCUT2D eigenvalue weighted by molar-refractivity contribution is -0.121. The number of likely N-dealkylation sites (tertiary alicyclic amines) is 1. The summed E-state index contributed by atoms with van der Waals surface area (Å²) in [5, 5.41) is 11.3. The van der Waals surface area contributed by atoms with E-state index in [0.717, 1.165) is 24.4 Å². The van der Waals surface area contributed by atoms with Gasteiger partial charge in [-0.25, -0.2) is 0 Å². The standard InChI is InChI=1S/C25H30N4O3/c1-18-5-7-20(8-6-18)25-28-27-24(32-25)14-13-23(30)26-17-22(29-15-3-4-16-29)19-9-11-21(31-2)12-10-19/h5-12,22H,3-4,13-17H2,1-2H3,(H,26,30). The molecule has 1 fully saturated rings. The average molecular weight is 435 g/mol. The second kappa shape index (κ2) is 10.4. The summed E-state index contributed by atoms with van der Waals surface area (Å²) in [6.45, 7) is 4.71. The monoisotopic (exact) mass is 434 g/mol. The zero-order chi connectivity index (χ0) is 22.3. The first kappa shape index (κ1) is 22.0. The van der Waals surface area contributed by atoms with E-state index in [-0.39, 0.29) is 11.9 Å². The number of benzene rings is 2. The largest absolute Gasteiger partial charge is 0.497 e. The Morgan fingerprint density at radius 2 is 1.81 bits per heavy atom. The third kappa shape index (κ3) is 5.53. The fourth-order valence-corrected chi connectivity index (χ4v) is 4.02. The van der Waals surface area contributed by atoms with Crippen molar-refractivity contribution in [3.8, 4) is 17.2 Å². The second-order valence-corrected chi connectivity index (χ2v) is 8.20. The number of aryl methyl sites for hydroxylation is 2. The molecule has 32 heavy (non-hydrogen) atoms. The van der Waals surface area contributed by atoms with Gasteiger partial charge in [0.2, 0.25) is 17.7 Å². The molecule has 7 heteroatoms. The molecule has 1 unspecified atom stereocenters. The predicted octanol–water partition coefficient (Wildman–Crippen LogP) is 3.94. The van der Waals surface area contributed by atoms with Crippen molar-refractivity contribution >= 4 is 5.91 Å². The number of ether oxygens (including phenoxy) is 1. The maximum absolute atomic E-state index is 12.5. The Morgan fingerprint density at radius 3 is 2.50 bits per heavy atom.